The fraction of sp³-hybridized carbons (Fsp3) is 0.240. The lowest BCUT2D eigenvalue weighted by Crippen LogP contribution is -2.46. The van der Waals surface area contributed by atoms with Crippen molar-refractivity contribution in [3.63, 3.8) is 0 Å². The smallest absolute Gasteiger partial charge is 0.0646 e. The Kier molecular flexibility index (Phi) is 6.28. The van der Waals surface area contributed by atoms with Crippen LogP contribution in [-0.2, 0) is 0 Å². The summed E-state index contributed by atoms with van der Waals surface area (Å²) in [5.74, 6) is 0. The highest BCUT2D eigenvalue weighted by Crippen LogP contribution is 2.29. The fourth-order valence-electron chi connectivity index (χ4n) is 3.92. The number of piperazine rings is 1. The molecule has 1 aliphatic rings. The maximum absolute atomic E-state index is 6.00. The highest BCUT2D eigenvalue weighted by molar-refractivity contribution is 6.30. The van der Waals surface area contributed by atoms with E-state index in [0.717, 1.165) is 42.5 Å². The van der Waals surface area contributed by atoms with Crippen molar-refractivity contribution in [2.45, 2.75) is 13.0 Å². The van der Waals surface area contributed by atoms with Crippen LogP contribution >= 0.6 is 11.6 Å². The van der Waals surface area contributed by atoms with E-state index in [0.29, 0.717) is 0 Å². The van der Waals surface area contributed by atoms with Gasteiger partial charge in [-0.2, -0.15) is 5.10 Å². The number of hydrogen-bond donors (Lipinski definition) is 0. The molecule has 1 heterocycles. The van der Waals surface area contributed by atoms with Crippen LogP contribution in [0.25, 0.3) is 0 Å². The summed E-state index contributed by atoms with van der Waals surface area (Å²) >= 11 is 6.00. The summed E-state index contributed by atoms with van der Waals surface area (Å²) in [6.45, 7) is 5.85. The molecular weight excluding hydrogens is 378 g/mol. The van der Waals surface area contributed by atoms with Gasteiger partial charge >= 0.3 is 0 Å². The number of hydrogen-bond acceptors (Lipinski definition) is 3. The molecule has 4 heteroatoms. The lowest BCUT2D eigenvalue weighted by Gasteiger charge is -2.39. The second-order valence-electron chi connectivity index (χ2n) is 7.41. The van der Waals surface area contributed by atoms with Crippen LogP contribution in [0.5, 0.6) is 0 Å². The molecule has 29 heavy (non-hydrogen) atoms. The first kappa shape index (κ1) is 19.7. The summed E-state index contributed by atoms with van der Waals surface area (Å²) in [5, 5.41) is 7.80. The summed E-state index contributed by atoms with van der Waals surface area (Å²) < 4.78 is 0. The third-order valence-corrected chi connectivity index (χ3v) is 5.69. The number of rotatable bonds is 5. The molecule has 0 N–H and O–H groups in total. The summed E-state index contributed by atoms with van der Waals surface area (Å²) in [4.78, 5) is 2.56. The molecule has 1 saturated heterocycles. The second-order valence-corrected chi connectivity index (χ2v) is 7.84. The van der Waals surface area contributed by atoms with Crippen molar-refractivity contribution in [1.29, 1.82) is 0 Å². The Morgan fingerprint density at radius 2 is 1.28 bits per heavy atom. The van der Waals surface area contributed by atoms with Crippen molar-refractivity contribution in [1.82, 2.24) is 9.91 Å². The molecule has 4 rings (SSSR count). The van der Waals surface area contributed by atoms with Crippen LogP contribution in [0.3, 0.4) is 0 Å². The van der Waals surface area contributed by atoms with Crippen molar-refractivity contribution in [3.05, 3.63) is 107 Å². The number of halogens is 1. The molecular formula is C25H26ClN3. The van der Waals surface area contributed by atoms with Gasteiger partial charge in [0.25, 0.3) is 0 Å². The Bertz CT molecular complexity index is 891. The fourth-order valence-corrected chi connectivity index (χ4v) is 4.04. The van der Waals surface area contributed by atoms with E-state index in [1.165, 1.54) is 11.1 Å². The molecule has 0 radical (unpaired) electrons. The van der Waals surface area contributed by atoms with Crippen LogP contribution in [0.1, 0.15) is 29.7 Å². The lowest BCUT2D eigenvalue weighted by molar-refractivity contribution is 0.112. The van der Waals surface area contributed by atoms with Gasteiger partial charge in [0.1, 0.15) is 0 Å². The quantitative estimate of drug-likeness (QED) is 0.526. The molecule has 3 aromatic carbocycles. The molecule has 0 amide bonds. The Morgan fingerprint density at radius 1 is 0.759 bits per heavy atom. The van der Waals surface area contributed by atoms with E-state index >= 15 is 0 Å². The lowest BCUT2D eigenvalue weighted by atomic mass is 9.96. The second kappa shape index (κ2) is 9.25. The summed E-state index contributed by atoms with van der Waals surface area (Å²) in [5.41, 5.74) is 4.82. The van der Waals surface area contributed by atoms with Crippen LogP contribution in [0, 0.1) is 0 Å². The molecule has 0 aliphatic carbocycles. The predicted molar refractivity (Wildman–Crippen MR) is 122 cm³/mol. The normalized spacial score (nSPS) is 15.7. The molecule has 148 valence electrons. The van der Waals surface area contributed by atoms with E-state index in [1.807, 2.05) is 24.3 Å². The predicted octanol–water partition coefficient (Wildman–Crippen LogP) is 5.47. The van der Waals surface area contributed by atoms with Gasteiger partial charge in [-0.05, 0) is 35.7 Å². The van der Waals surface area contributed by atoms with E-state index in [4.69, 9.17) is 16.7 Å². The number of nitrogens with zero attached hydrogens (tertiary/aromatic N) is 3. The Hall–Kier alpha value is -2.62. The van der Waals surface area contributed by atoms with Gasteiger partial charge in [-0.15, -0.1) is 0 Å². The van der Waals surface area contributed by atoms with E-state index in [1.54, 1.807) is 0 Å². The van der Waals surface area contributed by atoms with Crippen LogP contribution in [0.2, 0.25) is 5.02 Å². The molecule has 0 aromatic heterocycles. The molecule has 3 nitrogen and oxygen atoms in total. The zero-order valence-electron chi connectivity index (χ0n) is 16.7. The Morgan fingerprint density at radius 3 is 1.79 bits per heavy atom. The van der Waals surface area contributed by atoms with Gasteiger partial charge in [-0.3, -0.25) is 9.91 Å². The maximum atomic E-state index is 6.00. The summed E-state index contributed by atoms with van der Waals surface area (Å²) in [7, 11) is 0. The van der Waals surface area contributed by atoms with E-state index in [-0.39, 0.29) is 6.04 Å². The standard InChI is InChI=1S/C25H26ClN3/c1-20(21-12-14-24(26)15-13-21)27-29-18-16-28(17-19-29)25(22-8-4-2-5-9-22)23-10-6-3-7-11-23/h2-15,25H,16-19H2,1H3. The SMILES string of the molecule is CC(=NN1CCN(C(c2ccccc2)c2ccccc2)CC1)c1ccc(Cl)cc1. The highest BCUT2D eigenvalue weighted by atomic mass is 35.5. The molecule has 3 aromatic rings. The Balaban J connectivity index is 1.48. The first-order valence-electron chi connectivity index (χ1n) is 10.1. The topological polar surface area (TPSA) is 18.8 Å². The van der Waals surface area contributed by atoms with Crippen LogP contribution in [0.15, 0.2) is 90.0 Å². The molecule has 0 bridgehead atoms. The minimum atomic E-state index is 0.279. The van der Waals surface area contributed by atoms with Crippen LogP contribution in [-0.4, -0.2) is 41.8 Å². The van der Waals surface area contributed by atoms with E-state index in [2.05, 4.69) is 77.5 Å². The summed E-state index contributed by atoms with van der Waals surface area (Å²) in [6, 6.07) is 29.7. The van der Waals surface area contributed by atoms with Gasteiger partial charge in [-0.1, -0.05) is 84.4 Å². The van der Waals surface area contributed by atoms with Crippen molar-refractivity contribution < 1.29 is 0 Å². The van der Waals surface area contributed by atoms with Crippen LogP contribution < -0.4 is 0 Å². The van der Waals surface area contributed by atoms with Crippen molar-refractivity contribution >= 4 is 17.3 Å². The first-order chi connectivity index (χ1) is 14.2. The number of hydrazone groups is 1. The Labute approximate surface area is 178 Å². The molecule has 0 saturated carbocycles. The monoisotopic (exact) mass is 403 g/mol. The van der Waals surface area contributed by atoms with Gasteiger partial charge in [0.15, 0.2) is 0 Å². The number of benzene rings is 3. The van der Waals surface area contributed by atoms with Crippen molar-refractivity contribution in [2.75, 3.05) is 26.2 Å². The minimum absolute atomic E-state index is 0.279. The van der Waals surface area contributed by atoms with E-state index < -0.39 is 0 Å². The van der Waals surface area contributed by atoms with E-state index in [9.17, 15) is 0 Å². The first-order valence-corrected chi connectivity index (χ1v) is 10.5. The molecule has 0 unspecified atom stereocenters. The van der Waals surface area contributed by atoms with Crippen molar-refractivity contribution in [2.24, 2.45) is 5.10 Å². The molecule has 1 fully saturated rings. The molecule has 0 spiro atoms. The zero-order chi connectivity index (χ0) is 20.1. The third kappa shape index (κ3) is 4.87. The zero-order valence-corrected chi connectivity index (χ0v) is 17.5. The average molecular weight is 404 g/mol. The molecule has 0 atom stereocenters. The highest BCUT2D eigenvalue weighted by Gasteiger charge is 2.26. The minimum Gasteiger partial charge on any atom is -0.294 e. The average Bonchev–Trinajstić information content (AvgIpc) is 2.77. The third-order valence-electron chi connectivity index (χ3n) is 5.44. The maximum Gasteiger partial charge on any atom is 0.0646 e. The van der Waals surface area contributed by atoms with Crippen LogP contribution in [0.4, 0.5) is 0 Å². The van der Waals surface area contributed by atoms with Gasteiger partial charge in [0.2, 0.25) is 0 Å². The summed E-state index contributed by atoms with van der Waals surface area (Å²) in [6.07, 6.45) is 0. The van der Waals surface area contributed by atoms with Gasteiger partial charge in [0, 0.05) is 31.2 Å². The molecule has 1 aliphatic heterocycles. The van der Waals surface area contributed by atoms with Crippen molar-refractivity contribution in [3.8, 4) is 0 Å². The largest absolute Gasteiger partial charge is 0.294 e. The van der Waals surface area contributed by atoms with Gasteiger partial charge < -0.3 is 0 Å². The van der Waals surface area contributed by atoms with Gasteiger partial charge in [-0.25, -0.2) is 0 Å². The van der Waals surface area contributed by atoms with Gasteiger partial charge in [0.05, 0.1) is 11.8 Å².